The van der Waals surface area contributed by atoms with Gasteiger partial charge in [-0.15, -0.1) is 0 Å². The Labute approximate surface area is 115 Å². The molecule has 1 heterocycles. The third-order valence-electron chi connectivity index (χ3n) is 3.12. The zero-order valence-electron chi connectivity index (χ0n) is 10.2. The Kier molecular flexibility index (Phi) is 4.34. The van der Waals surface area contributed by atoms with Crippen LogP contribution in [0.1, 0.15) is 12.8 Å². The van der Waals surface area contributed by atoms with Crippen molar-refractivity contribution in [1.82, 2.24) is 5.32 Å². The van der Waals surface area contributed by atoms with Gasteiger partial charge < -0.3 is 10.6 Å². The molecule has 2 N–H and O–H groups in total. The van der Waals surface area contributed by atoms with Crippen LogP contribution >= 0.6 is 11.6 Å². The first-order chi connectivity index (χ1) is 9.08. The van der Waals surface area contributed by atoms with Crippen LogP contribution in [0.5, 0.6) is 0 Å². The molecule has 0 radical (unpaired) electrons. The van der Waals surface area contributed by atoms with E-state index in [0.717, 1.165) is 25.9 Å². The van der Waals surface area contributed by atoms with Gasteiger partial charge in [0.05, 0.1) is 4.92 Å². The van der Waals surface area contributed by atoms with Crippen LogP contribution in [0.25, 0.3) is 0 Å². The molecule has 1 aliphatic heterocycles. The second kappa shape index (κ2) is 5.99. The smallest absolute Gasteiger partial charge is 0.289 e. The number of halogens is 1. The standard InChI is InChI=1S/C12H14ClN3O3/c13-10-2-1-9(7-11(10)16(18)19)15-12(17)8-3-5-14-6-4-8/h1-2,7-8,14H,3-6H2,(H,15,17). The summed E-state index contributed by atoms with van der Waals surface area (Å²) in [5.41, 5.74) is 0.199. The van der Waals surface area contributed by atoms with Gasteiger partial charge in [-0.3, -0.25) is 14.9 Å². The van der Waals surface area contributed by atoms with Crippen LogP contribution in [0, 0.1) is 16.0 Å². The van der Waals surface area contributed by atoms with Crippen molar-refractivity contribution in [2.45, 2.75) is 12.8 Å². The maximum Gasteiger partial charge on any atom is 0.289 e. The maximum atomic E-state index is 12.0. The lowest BCUT2D eigenvalue weighted by atomic mass is 9.97. The monoisotopic (exact) mass is 283 g/mol. The highest BCUT2D eigenvalue weighted by molar-refractivity contribution is 6.32. The second-order valence-corrected chi connectivity index (χ2v) is 4.84. The average Bonchev–Trinajstić information content (AvgIpc) is 2.41. The average molecular weight is 284 g/mol. The van der Waals surface area contributed by atoms with Crippen molar-refractivity contribution in [2.24, 2.45) is 5.92 Å². The number of nitrogens with zero attached hydrogens (tertiary/aromatic N) is 1. The summed E-state index contributed by atoms with van der Waals surface area (Å²) >= 11 is 5.71. The number of carbonyl (C=O) groups is 1. The van der Waals surface area contributed by atoms with E-state index in [0.29, 0.717) is 5.69 Å². The van der Waals surface area contributed by atoms with E-state index in [1.807, 2.05) is 0 Å². The van der Waals surface area contributed by atoms with Gasteiger partial charge in [0.1, 0.15) is 5.02 Å². The van der Waals surface area contributed by atoms with E-state index in [-0.39, 0.29) is 22.5 Å². The first-order valence-corrected chi connectivity index (χ1v) is 6.41. The first kappa shape index (κ1) is 13.8. The first-order valence-electron chi connectivity index (χ1n) is 6.03. The van der Waals surface area contributed by atoms with Crippen LogP contribution in [0.15, 0.2) is 18.2 Å². The van der Waals surface area contributed by atoms with E-state index in [1.54, 1.807) is 6.07 Å². The van der Waals surface area contributed by atoms with Gasteiger partial charge in [0, 0.05) is 17.7 Å². The molecule has 0 saturated carbocycles. The molecule has 0 bridgehead atoms. The highest BCUT2D eigenvalue weighted by atomic mass is 35.5. The summed E-state index contributed by atoms with van der Waals surface area (Å²) in [6.45, 7) is 1.64. The zero-order chi connectivity index (χ0) is 13.8. The summed E-state index contributed by atoms with van der Waals surface area (Å²) in [4.78, 5) is 22.2. The Hall–Kier alpha value is -1.66. The van der Waals surface area contributed by atoms with E-state index in [9.17, 15) is 14.9 Å². The number of anilines is 1. The largest absolute Gasteiger partial charge is 0.326 e. The van der Waals surface area contributed by atoms with Gasteiger partial charge in [-0.2, -0.15) is 0 Å². The van der Waals surface area contributed by atoms with E-state index < -0.39 is 4.92 Å². The Bertz CT molecular complexity index is 501. The van der Waals surface area contributed by atoms with Crippen molar-refractivity contribution in [3.63, 3.8) is 0 Å². The van der Waals surface area contributed by atoms with Gasteiger partial charge in [0.2, 0.25) is 5.91 Å². The van der Waals surface area contributed by atoms with Crippen molar-refractivity contribution < 1.29 is 9.72 Å². The minimum Gasteiger partial charge on any atom is -0.326 e. The van der Waals surface area contributed by atoms with Gasteiger partial charge in [-0.05, 0) is 38.1 Å². The summed E-state index contributed by atoms with van der Waals surface area (Å²) in [5.74, 6) is -0.144. The quantitative estimate of drug-likeness (QED) is 0.658. The van der Waals surface area contributed by atoms with Crippen LogP contribution in [0.4, 0.5) is 11.4 Å². The van der Waals surface area contributed by atoms with Crippen molar-refractivity contribution in [3.05, 3.63) is 33.3 Å². The van der Waals surface area contributed by atoms with Crippen LogP contribution in [0.3, 0.4) is 0 Å². The van der Waals surface area contributed by atoms with E-state index in [2.05, 4.69) is 10.6 Å². The normalized spacial score (nSPS) is 16.1. The molecule has 2 rings (SSSR count). The number of amides is 1. The highest BCUT2D eigenvalue weighted by Gasteiger charge is 2.21. The van der Waals surface area contributed by atoms with Crippen molar-refractivity contribution in [3.8, 4) is 0 Å². The molecule has 102 valence electrons. The number of rotatable bonds is 3. The molecule has 0 aliphatic carbocycles. The lowest BCUT2D eigenvalue weighted by molar-refractivity contribution is -0.384. The lowest BCUT2D eigenvalue weighted by Gasteiger charge is -2.21. The van der Waals surface area contributed by atoms with E-state index in [4.69, 9.17) is 11.6 Å². The minimum absolute atomic E-state index is 0.0454. The molecule has 1 amide bonds. The third kappa shape index (κ3) is 3.42. The molecule has 0 unspecified atom stereocenters. The molecule has 1 aliphatic rings. The number of hydrogen-bond donors (Lipinski definition) is 2. The molecule has 0 aromatic heterocycles. The molecule has 6 nitrogen and oxygen atoms in total. The molecule has 19 heavy (non-hydrogen) atoms. The van der Waals surface area contributed by atoms with Crippen LogP contribution in [0.2, 0.25) is 5.02 Å². The molecule has 0 atom stereocenters. The number of nitro benzene ring substituents is 1. The Balaban J connectivity index is 2.08. The molecular weight excluding hydrogens is 270 g/mol. The summed E-state index contributed by atoms with van der Waals surface area (Å²) in [6, 6.07) is 4.26. The van der Waals surface area contributed by atoms with Gasteiger partial charge in [-0.1, -0.05) is 11.6 Å². The number of nitro groups is 1. The van der Waals surface area contributed by atoms with Gasteiger partial charge in [0.15, 0.2) is 0 Å². The molecule has 1 fully saturated rings. The molecule has 1 saturated heterocycles. The summed E-state index contributed by atoms with van der Waals surface area (Å²) in [6.07, 6.45) is 1.56. The Morgan fingerprint density at radius 1 is 1.42 bits per heavy atom. The summed E-state index contributed by atoms with van der Waals surface area (Å²) in [7, 11) is 0. The van der Waals surface area contributed by atoms with E-state index >= 15 is 0 Å². The van der Waals surface area contributed by atoms with Crippen LogP contribution in [-0.2, 0) is 4.79 Å². The van der Waals surface area contributed by atoms with E-state index in [1.165, 1.54) is 12.1 Å². The van der Waals surface area contributed by atoms with Gasteiger partial charge >= 0.3 is 0 Å². The Morgan fingerprint density at radius 3 is 2.74 bits per heavy atom. The number of hydrogen-bond acceptors (Lipinski definition) is 4. The lowest BCUT2D eigenvalue weighted by Crippen LogP contribution is -2.34. The number of nitrogens with one attached hydrogen (secondary N) is 2. The minimum atomic E-state index is -0.567. The van der Waals surface area contributed by atoms with Crippen molar-refractivity contribution in [2.75, 3.05) is 18.4 Å². The highest BCUT2D eigenvalue weighted by Crippen LogP contribution is 2.27. The number of carbonyl (C=O) groups excluding carboxylic acids is 1. The fourth-order valence-electron chi connectivity index (χ4n) is 2.06. The van der Waals surface area contributed by atoms with Gasteiger partial charge in [0.25, 0.3) is 5.69 Å². The summed E-state index contributed by atoms with van der Waals surface area (Å²) < 4.78 is 0. The van der Waals surface area contributed by atoms with Crippen molar-refractivity contribution in [1.29, 1.82) is 0 Å². The zero-order valence-corrected chi connectivity index (χ0v) is 10.9. The van der Waals surface area contributed by atoms with Crippen molar-refractivity contribution >= 4 is 28.9 Å². The fourth-order valence-corrected chi connectivity index (χ4v) is 2.25. The van der Waals surface area contributed by atoms with Gasteiger partial charge in [-0.25, -0.2) is 0 Å². The van der Waals surface area contributed by atoms with Crippen LogP contribution in [-0.4, -0.2) is 23.9 Å². The summed E-state index contributed by atoms with van der Waals surface area (Å²) in [5, 5.41) is 16.7. The second-order valence-electron chi connectivity index (χ2n) is 4.44. The number of benzene rings is 1. The molecule has 7 heteroatoms. The Morgan fingerprint density at radius 2 is 2.11 bits per heavy atom. The molecule has 1 aromatic carbocycles. The fraction of sp³-hybridized carbons (Fsp3) is 0.417. The van der Waals surface area contributed by atoms with Crippen LogP contribution < -0.4 is 10.6 Å². The predicted octanol–water partition coefficient (Wildman–Crippen LogP) is 2.19. The molecular formula is C12H14ClN3O3. The number of piperidine rings is 1. The molecule has 1 aromatic rings. The SMILES string of the molecule is O=C(Nc1ccc(Cl)c([N+](=O)[O-])c1)C1CCNCC1. The molecule has 0 spiro atoms. The maximum absolute atomic E-state index is 12.0. The predicted molar refractivity (Wildman–Crippen MR) is 72.3 cm³/mol. The topological polar surface area (TPSA) is 84.3 Å². The third-order valence-corrected chi connectivity index (χ3v) is 3.44.